The number of carboxylic acids is 1. The van der Waals surface area contributed by atoms with Gasteiger partial charge in [-0.15, -0.1) is 0 Å². The minimum Gasteiger partial charge on any atom is -0.481 e. The second-order valence-electron chi connectivity index (χ2n) is 4.34. The van der Waals surface area contributed by atoms with Crippen molar-refractivity contribution in [3.63, 3.8) is 0 Å². The number of hydrogen-bond donors (Lipinski definition) is 3. The topological polar surface area (TPSA) is 144 Å². The molecule has 1 unspecified atom stereocenters. The second-order valence-corrected chi connectivity index (χ2v) is 7.62. The minimum absolute atomic E-state index is 0.278. The number of nitrogens with two attached hydrogens (primary N) is 1. The Kier molecular flexibility index (Phi) is 5.45. The Morgan fingerprint density at radius 3 is 2.33 bits per heavy atom. The Hall–Kier alpha value is -1.49. The summed E-state index contributed by atoms with van der Waals surface area (Å²) < 4.78 is 48.9. The van der Waals surface area contributed by atoms with Crippen molar-refractivity contribution in [2.75, 3.05) is 0 Å². The molecule has 10 heteroatoms. The first kappa shape index (κ1) is 17.6. The van der Waals surface area contributed by atoms with Gasteiger partial charge in [-0.25, -0.2) is 26.7 Å². The van der Waals surface area contributed by atoms with Gasteiger partial charge in [0, 0.05) is 6.04 Å². The van der Waals surface area contributed by atoms with Gasteiger partial charge in [0.15, 0.2) is 0 Å². The molecule has 1 rings (SSSR count). The molecule has 0 saturated carbocycles. The van der Waals surface area contributed by atoms with Crippen LogP contribution in [0.4, 0.5) is 0 Å². The summed E-state index contributed by atoms with van der Waals surface area (Å²) >= 11 is 0. The summed E-state index contributed by atoms with van der Waals surface area (Å²) in [5.74, 6) is -1.14. The molecule has 118 valence electrons. The maximum absolute atomic E-state index is 12.1. The highest BCUT2D eigenvalue weighted by Gasteiger charge is 2.22. The average Bonchev–Trinajstić information content (AvgIpc) is 2.36. The Labute approximate surface area is 123 Å². The molecule has 1 aromatic carbocycles. The lowest BCUT2D eigenvalue weighted by atomic mass is 10.2. The van der Waals surface area contributed by atoms with Crippen molar-refractivity contribution in [1.82, 2.24) is 4.72 Å². The molecular weight excluding hydrogens is 320 g/mol. The van der Waals surface area contributed by atoms with Crippen molar-refractivity contribution in [2.45, 2.75) is 35.6 Å². The first-order chi connectivity index (χ1) is 9.56. The molecule has 0 aromatic heterocycles. The summed E-state index contributed by atoms with van der Waals surface area (Å²) in [6, 6.07) is 3.75. The van der Waals surface area contributed by atoms with Crippen molar-refractivity contribution < 1.29 is 26.7 Å². The van der Waals surface area contributed by atoms with Crippen LogP contribution in [0.5, 0.6) is 0 Å². The minimum atomic E-state index is -4.03. The molecule has 0 saturated heterocycles. The van der Waals surface area contributed by atoms with Gasteiger partial charge in [-0.05, 0) is 24.6 Å². The highest BCUT2D eigenvalue weighted by molar-refractivity contribution is 7.90. The van der Waals surface area contributed by atoms with Crippen LogP contribution in [0.25, 0.3) is 0 Å². The van der Waals surface area contributed by atoms with Crippen LogP contribution in [0, 0.1) is 0 Å². The van der Waals surface area contributed by atoms with Gasteiger partial charge < -0.3 is 5.11 Å². The predicted molar refractivity (Wildman–Crippen MR) is 74.5 cm³/mol. The number of benzene rings is 1. The maximum Gasteiger partial charge on any atom is 0.304 e. The van der Waals surface area contributed by atoms with Gasteiger partial charge in [-0.1, -0.05) is 13.0 Å². The summed E-state index contributed by atoms with van der Waals surface area (Å²) in [5.41, 5.74) is 0. The SMILES string of the molecule is CCC(CC(=O)O)NS(=O)(=O)c1cccc(S(N)(=O)=O)c1. The molecule has 0 radical (unpaired) electrons. The number of hydrogen-bond acceptors (Lipinski definition) is 5. The van der Waals surface area contributed by atoms with Gasteiger partial charge in [-0.3, -0.25) is 4.79 Å². The number of rotatable bonds is 7. The molecule has 0 aliphatic heterocycles. The van der Waals surface area contributed by atoms with E-state index in [1.807, 2.05) is 0 Å². The van der Waals surface area contributed by atoms with Gasteiger partial charge >= 0.3 is 5.97 Å². The summed E-state index contributed by atoms with van der Waals surface area (Å²) in [4.78, 5) is 10.0. The Morgan fingerprint density at radius 1 is 1.29 bits per heavy atom. The lowest BCUT2D eigenvalue weighted by Crippen LogP contribution is -2.36. The first-order valence-corrected chi connectivity index (χ1v) is 8.96. The molecule has 8 nitrogen and oxygen atoms in total. The number of primary sulfonamides is 1. The fraction of sp³-hybridized carbons (Fsp3) is 0.364. The lowest BCUT2D eigenvalue weighted by Gasteiger charge is -2.15. The quantitative estimate of drug-likeness (QED) is 0.632. The van der Waals surface area contributed by atoms with E-state index < -0.39 is 32.1 Å². The first-order valence-electron chi connectivity index (χ1n) is 5.93. The van der Waals surface area contributed by atoms with E-state index >= 15 is 0 Å². The van der Waals surface area contributed by atoms with Crippen molar-refractivity contribution in [2.24, 2.45) is 5.14 Å². The van der Waals surface area contributed by atoms with Gasteiger partial charge in [0.05, 0.1) is 16.2 Å². The molecule has 0 heterocycles. The number of nitrogens with one attached hydrogen (secondary N) is 1. The zero-order valence-corrected chi connectivity index (χ0v) is 12.8. The van der Waals surface area contributed by atoms with Crippen LogP contribution in [0.15, 0.2) is 34.1 Å². The van der Waals surface area contributed by atoms with Gasteiger partial charge in [0.2, 0.25) is 20.0 Å². The number of carbonyl (C=O) groups is 1. The highest BCUT2D eigenvalue weighted by Crippen LogP contribution is 2.15. The van der Waals surface area contributed by atoms with E-state index in [4.69, 9.17) is 10.2 Å². The maximum atomic E-state index is 12.1. The van der Waals surface area contributed by atoms with Crippen LogP contribution < -0.4 is 9.86 Å². The van der Waals surface area contributed by atoms with Crippen LogP contribution in [0.3, 0.4) is 0 Å². The molecule has 0 fully saturated rings. The van der Waals surface area contributed by atoms with Crippen LogP contribution >= 0.6 is 0 Å². The zero-order valence-electron chi connectivity index (χ0n) is 11.2. The van der Waals surface area contributed by atoms with Crippen LogP contribution in [0.2, 0.25) is 0 Å². The third-order valence-electron chi connectivity index (χ3n) is 2.68. The molecule has 0 aliphatic carbocycles. The van der Waals surface area contributed by atoms with E-state index in [0.29, 0.717) is 0 Å². The monoisotopic (exact) mass is 336 g/mol. The van der Waals surface area contributed by atoms with Crippen molar-refractivity contribution in [3.05, 3.63) is 24.3 Å². The molecule has 0 aliphatic rings. The molecule has 1 atom stereocenters. The second kappa shape index (κ2) is 6.52. The lowest BCUT2D eigenvalue weighted by molar-refractivity contribution is -0.137. The van der Waals surface area contributed by atoms with E-state index in [1.165, 1.54) is 18.2 Å². The fourth-order valence-electron chi connectivity index (χ4n) is 1.59. The average molecular weight is 336 g/mol. The molecular formula is C11H16N2O6S2. The summed E-state index contributed by atoms with van der Waals surface area (Å²) in [6.45, 7) is 1.64. The van der Waals surface area contributed by atoms with Crippen molar-refractivity contribution in [1.29, 1.82) is 0 Å². The Balaban J connectivity index is 3.11. The highest BCUT2D eigenvalue weighted by atomic mass is 32.2. The van der Waals surface area contributed by atoms with E-state index in [1.54, 1.807) is 6.92 Å². The molecule has 21 heavy (non-hydrogen) atoms. The Bertz CT molecular complexity index is 727. The van der Waals surface area contributed by atoms with Gasteiger partial charge in [-0.2, -0.15) is 0 Å². The van der Waals surface area contributed by atoms with Crippen molar-refractivity contribution >= 4 is 26.0 Å². The van der Waals surface area contributed by atoms with Crippen LogP contribution in [-0.2, 0) is 24.8 Å². The smallest absolute Gasteiger partial charge is 0.304 e. The van der Waals surface area contributed by atoms with Crippen molar-refractivity contribution in [3.8, 4) is 0 Å². The van der Waals surface area contributed by atoms with E-state index in [-0.39, 0.29) is 22.6 Å². The summed E-state index contributed by atoms with van der Waals surface area (Å²) in [6.07, 6.45) is -0.0922. The third kappa shape index (κ3) is 5.08. The summed E-state index contributed by atoms with van der Waals surface area (Å²) in [5, 5.41) is 13.6. The molecule has 0 spiro atoms. The molecule has 1 aromatic rings. The fourth-order valence-corrected chi connectivity index (χ4v) is 3.58. The Morgan fingerprint density at radius 2 is 1.86 bits per heavy atom. The predicted octanol–water partition coefficient (Wildman–Crippen LogP) is -0.134. The zero-order chi connectivity index (χ0) is 16.3. The van der Waals surface area contributed by atoms with E-state index in [0.717, 1.165) is 6.07 Å². The normalized spacial score (nSPS) is 13.8. The van der Waals surface area contributed by atoms with E-state index in [2.05, 4.69) is 4.72 Å². The summed E-state index contributed by atoms with van der Waals surface area (Å²) in [7, 11) is -8.06. The third-order valence-corrected chi connectivity index (χ3v) is 5.11. The van der Waals surface area contributed by atoms with Crippen LogP contribution in [-0.4, -0.2) is 34.0 Å². The standard InChI is InChI=1S/C11H16N2O6S2/c1-2-8(6-11(14)15)13-21(18,19)10-5-3-4-9(7-10)20(12,16)17/h3-5,7-8,13H,2,6H2,1H3,(H,14,15)(H2,12,16,17). The number of carboxylic acid groups (broad SMARTS) is 1. The largest absolute Gasteiger partial charge is 0.481 e. The van der Waals surface area contributed by atoms with E-state index in [9.17, 15) is 21.6 Å². The van der Waals surface area contributed by atoms with Gasteiger partial charge in [0.1, 0.15) is 0 Å². The molecule has 4 N–H and O–H groups in total. The van der Waals surface area contributed by atoms with Gasteiger partial charge in [0.25, 0.3) is 0 Å². The molecule has 0 amide bonds. The molecule has 0 bridgehead atoms. The number of aliphatic carboxylic acids is 1. The van der Waals surface area contributed by atoms with Crippen LogP contribution in [0.1, 0.15) is 19.8 Å². The number of sulfonamides is 2.